The van der Waals surface area contributed by atoms with Crippen molar-refractivity contribution >= 4 is 33.5 Å². The molecule has 0 atom stereocenters. The molecule has 0 saturated carbocycles. The van der Waals surface area contributed by atoms with E-state index in [0.29, 0.717) is 45.0 Å². The lowest BCUT2D eigenvalue weighted by molar-refractivity contribution is 0.464. The molecule has 7 heteroatoms. The van der Waals surface area contributed by atoms with Gasteiger partial charge in [-0.3, -0.25) is 0 Å². The van der Waals surface area contributed by atoms with Crippen LogP contribution in [0.15, 0.2) is 85.3 Å². The molecule has 32 heavy (non-hydrogen) atoms. The van der Waals surface area contributed by atoms with Crippen molar-refractivity contribution in [2.24, 2.45) is 0 Å². The molecular formula is C25H16FN5O. The van der Waals surface area contributed by atoms with Gasteiger partial charge >= 0.3 is 0 Å². The van der Waals surface area contributed by atoms with Crippen LogP contribution in [0.2, 0.25) is 0 Å². The van der Waals surface area contributed by atoms with E-state index in [0.717, 1.165) is 5.70 Å². The first-order valence-corrected chi connectivity index (χ1v) is 10.0. The summed E-state index contributed by atoms with van der Waals surface area (Å²) in [4.78, 5) is 12.9. The Morgan fingerprint density at radius 1 is 0.938 bits per heavy atom. The Hall–Kier alpha value is -4.52. The van der Waals surface area contributed by atoms with Crippen molar-refractivity contribution in [1.82, 2.24) is 19.5 Å². The zero-order valence-corrected chi connectivity index (χ0v) is 16.7. The van der Waals surface area contributed by atoms with Crippen molar-refractivity contribution in [3.8, 4) is 22.8 Å². The Labute approximate surface area is 182 Å². The number of hydrogen-bond acceptors (Lipinski definition) is 5. The molecule has 3 aromatic heterocycles. The van der Waals surface area contributed by atoms with Crippen LogP contribution >= 0.6 is 0 Å². The van der Waals surface area contributed by atoms with Gasteiger partial charge in [-0.25, -0.2) is 19.3 Å². The standard InChI is InChI=1S/C25H16FN5O/c26-22-18(19-13-31(16-5-4-6-16)25-21(19)24(27)28-14-29-25)11-9-15-10-12-20(30-23(15)22)32-17-7-2-1-3-8-17/h1-14H,(H2,27,28,29). The molecule has 0 saturated heterocycles. The molecule has 0 aliphatic heterocycles. The first kappa shape index (κ1) is 18.3. The fraction of sp³-hybridized carbons (Fsp3) is 0. The number of rotatable bonds is 4. The Kier molecular flexibility index (Phi) is 4.01. The number of ether oxygens (including phenoxy) is 1. The third-order valence-electron chi connectivity index (χ3n) is 5.46. The molecule has 0 bridgehead atoms. The number of halogens is 1. The number of pyridine rings is 1. The number of allylic oxidation sites excluding steroid dienone is 4. The summed E-state index contributed by atoms with van der Waals surface area (Å²) >= 11 is 0. The number of nitrogens with zero attached hydrogens (tertiary/aromatic N) is 4. The average Bonchev–Trinajstić information content (AvgIpc) is 3.14. The number of nitrogen functional groups attached to an aromatic ring is 1. The van der Waals surface area contributed by atoms with E-state index in [4.69, 9.17) is 10.5 Å². The van der Waals surface area contributed by atoms with Crippen LogP contribution in [0.25, 0.3) is 38.8 Å². The van der Waals surface area contributed by atoms with Crippen molar-refractivity contribution in [3.05, 3.63) is 91.2 Å². The second-order valence-corrected chi connectivity index (χ2v) is 7.38. The van der Waals surface area contributed by atoms with Gasteiger partial charge in [0.25, 0.3) is 0 Å². The summed E-state index contributed by atoms with van der Waals surface area (Å²) in [6.07, 6.45) is 9.08. The summed E-state index contributed by atoms with van der Waals surface area (Å²) in [7, 11) is 0. The summed E-state index contributed by atoms with van der Waals surface area (Å²) < 4.78 is 23.5. The molecule has 5 aromatic rings. The Morgan fingerprint density at radius 2 is 1.75 bits per heavy atom. The Balaban J connectivity index is 1.52. The highest BCUT2D eigenvalue weighted by molar-refractivity contribution is 6.04. The maximum absolute atomic E-state index is 15.8. The number of hydrogen-bond donors (Lipinski definition) is 1. The molecule has 0 spiro atoms. The summed E-state index contributed by atoms with van der Waals surface area (Å²) in [6, 6.07) is 16.3. The molecule has 1 aliphatic rings. The summed E-state index contributed by atoms with van der Waals surface area (Å²) in [5.74, 6) is 0.781. The molecule has 6 nitrogen and oxygen atoms in total. The van der Waals surface area contributed by atoms with Gasteiger partial charge in [-0.2, -0.15) is 0 Å². The molecule has 3 heterocycles. The van der Waals surface area contributed by atoms with Gasteiger partial charge in [-0.15, -0.1) is 0 Å². The summed E-state index contributed by atoms with van der Waals surface area (Å²) in [6.45, 7) is 0. The molecule has 6 rings (SSSR count). The second kappa shape index (κ2) is 7.02. The lowest BCUT2D eigenvalue weighted by atomic mass is 10.0. The number of aromatic nitrogens is 4. The lowest BCUT2D eigenvalue weighted by Gasteiger charge is -2.09. The number of fused-ring (bicyclic) bond motifs is 2. The molecular weight excluding hydrogens is 405 g/mol. The number of anilines is 1. The molecule has 0 radical (unpaired) electrons. The van der Waals surface area contributed by atoms with E-state index in [9.17, 15) is 0 Å². The van der Waals surface area contributed by atoms with Gasteiger partial charge in [0.15, 0.2) is 11.5 Å². The first-order valence-electron chi connectivity index (χ1n) is 10.0. The van der Waals surface area contributed by atoms with E-state index in [2.05, 4.69) is 15.0 Å². The van der Waals surface area contributed by atoms with Crippen LogP contribution in [0.5, 0.6) is 11.6 Å². The molecule has 2 N–H and O–H groups in total. The van der Waals surface area contributed by atoms with Gasteiger partial charge in [-0.05, 0) is 30.4 Å². The minimum atomic E-state index is -0.457. The SMILES string of the molecule is Nc1ncnc2c1c(-c1ccc3ccc(Oc4ccccc4)nc3c1F)cn2C1=CC=C1. The van der Waals surface area contributed by atoms with Crippen LogP contribution in [-0.4, -0.2) is 19.5 Å². The molecule has 0 fully saturated rings. The fourth-order valence-electron chi connectivity index (χ4n) is 3.84. The smallest absolute Gasteiger partial charge is 0.219 e. The molecule has 0 amide bonds. The van der Waals surface area contributed by atoms with Crippen LogP contribution in [0.3, 0.4) is 0 Å². The zero-order chi connectivity index (χ0) is 21.7. The summed E-state index contributed by atoms with van der Waals surface area (Å²) in [5, 5.41) is 1.27. The molecule has 154 valence electrons. The van der Waals surface area contributed by atoms with Crippen LogP contribution in [0, 0.1) is 5.82 Å². The normalized spacial score (nSPS) is 12.7. The first-order chi connectivity index (χ1) is 15.7. The largest absolute Gasteiger partial charge is 0.439 e. The highest BCUT2D eigenvalue weighted by Gasteiger charge is 2.21. The highest BCUT2D eigenvalue weighted by atomic mass is 19.1. The second-order valence-electron chi connectivity index (χ2n) is 7.38. The number of benzene rings is 2. The Bertz CT molecular complexity index is 1570. The van der Waals surface area contributed by atoms with Crippen LogP contribution in [0.4, 0.5) is 10.2 Å². The number of nitrogens with two attached hydrogens (primary N) is 1. The van der Waals surface area contributed by atoms with E-state index in [-0.39, 0.29) is 5.52 Å². The van der Waals surface area contributed by atoms with E-state index >= 15 is 4.39 Å². The van der Waals surface area contributed by atoms with Crippen molar-refractivity contribution in [2.45, 2.75) is 0 Å². The van der Waals surface area contributed by atoms with Crippen molar-refractivity contribution < 1.29 is 9.13 Å². The van der Waals surface area contributed by atoms with Gasteiger partial charge in [0.05, 0.1) is 5.39 Å². The van der Waals surface area contributed by atoms with Gasteiger partial charge in [0, 0.05) is 34.5 Å². The van der Waals surface area contributed by atoms with E-state index < -0.39 is 5.82 Å². The average molecular weight is 421 g/mol. The minimum absolute atomic E-state index is 0.218. The predicted octanol–water partition coefficient (Wildman–Crippen LogP) is 5.57. The number of para-hydroxylation sites is 1. The molecule has 2 aromatic carbocycles. The Morgan fingerprint density at radius 3 is 2.53 bits per heavy atom. The van der Waals surface area contributed by atoms with Crippen LogP contribution in [-0.2, 0) is 0 Å². The van der Waals surface area contributed by atoms with Gasteiger partial charge in [-0.1, -0.05) is 36.4 Å². The lowest BCUT2D eigenvalue weighted by Crippen LogP contribution is -1.99. The van der Waals surface area contributed by atoms with Crippen molar-refractivity contribution in [3.63, 3.8) is 0 Å². The highest BCUT2D eigenvalue weighted by Crippen LogP contribution is 2.38. The van der Waals surface area contributed by atoms with Crippen LogP contribution in [0.1, 0.15) is 0 Å². The van der Waals surface area contributed by atoms with E-state index in [1.54, 1.807) is 18.2 Å². The van der Waals surface area contributed by atoms with Crippen LogP contribution < -0.4 is 10.5 Å². The third-order valence-corrected chi connectivity index (χ3v) is 5.46. The maximum Gasteiger partial charge on any atom is 0.219 e. The molecule has 1 aliphatic carbocycles. The topological polar surface area (TPSA) is 78.8 Å². The van der Waals surface area contributed by atoms with E-state index in [1.165, 1.54) is 6.33 Å². The van der Waals surface area contributed by atoms with Gasteiger partial charge in [0.1, 0.15) is 23.4 Å². The summed E-state index contributed by atoms with van der Waals surface area (Å²) in [5.41, 5.74) is 8.94. The maximum atomic E-state index is 15.8. The predicted molar refractivity (Wildman–Crippen MR) is 123 cm³/mol. The van der Waals surface area contributed by atoms with Crippen molar-refractivity contribution in [2.75, 3.05) is 5.73 Å². The zero-order valence-electron chi connectivity index (χ0n) is 16.7. The monoisotopic (exact) mass is 421 g/mol. The van der Waals surface area contributed by atoms with Crippen molar-refractivity contribution in [1.29, 1.82) is 0 Å². The van der Waals surface area contributed by atoms with Gasteiger partial charge in [0.2, 0.25) is 5.88 Å². The fourth-order valence-corrected chi connectivity index (χ4v) is 3.84. The quantitative estimate of drug-likeness (QED) is 0.410. The molecule has 0 unspecified atom stereocenters. The minimum Gasteiger partial charge on any atom is -0.439 e. The third kappa shape index (κ3) is 2.83. The van der Waals surface area contributed by atoms with E-state index in [1.807, 2.05) is 65.4 Å². The van der Waals surface area contributed by atoms with Gasteiger partial charge < -0.3 is 15.0 Å².